The second kappa shape index (κ2) is 5.22. The van der Waals surface area contributed by atoms with Crippen molar-refractivity contribution in [3.63, 3.8) is 0 Å². The molecule has 2 unspecified atom stereocenters. The summed E-state index contributed by atoms with van der Waals surface area (Å²) in [6.07, 6.45) is 4.13. The number of hydroxylamine groups is 1. The highest BCUT2D eigenvalue weighted by atomic mass is 127. The van der Waals surface area contributed by atoms with Crippen molar-refractivity contribution in [2.45, 2.75) is 18.3 Å². The van der Waals surface area contributed by atoms with Crippen LogP contribution in [0.2, 0.25) is 0 Å². The minimum Gasteiger partial charge on any atom is -1.00 e. The Hall–Kier alpha value is 0.0700. The lowest BCUT2D eigenvalue weighted by atomic mass is 10.1. The van der Waals surface area contributed by atoms with E-state index < -0.39 is 5.85 Å². The standard InChI is InChI=1S/C11H17N4OS.HI/c1-4-15-10-12-16-11(15,14(3)17-10)9-6-5-7-13(2)8-9;/h5-8,10,12H,4H2,1-3H3;1H/q+1;/p-1. The summed E-state index contributed by atoms with van der Waals surface area (Å²) in [5, 5.41) is 0. The fourth-order valence-corrected chi connectivity index (χ4v) is 3.71. The quantitative estimate of drug-likeness (QED) is 0.345. The lowest BCUT2D eigenvalue weighted by molar-refractivity contribution is -0.672. The van der Waals surface area contributed by atoms with Crippen LogP contribution in [0.3, 0.4) is 0 Å². The second-order valence-corrected chi connectivity index (χ2v) is 5.53. The highest BCUT2D eigenvalue weighted by Crippen LogP contribution is 2.50. The van der Waals surface area contributed by atoms with Gasteiger partial charge in [0.25, 0.3) is 0 Å². The number of nitrogens with one attached hydrogen (secondary N) is 1. The van der Waals surface area contributed by atoms with Gasteiger partial charge in [0.2, 0.25) is 5.85 Å². The molecule has 2 atom stereocenters. The maximum absolute atomic E-state index is 5.86. The second-order valence-electron chi connectivity index (χ2n) is 4.33. The van der Waals surface area contributed by atoms with Gasteiger partial charge in [-0.2, -0.15) is 5.48 Å². The number of aromatic nitrogens is 1. The van der Waals surface area contributed by atoms with Crippen LogP contribution in [-0.4, -0.2) is 28.3 Å². The summed E-state index contributed by atoms with van der Waals surface area (Å²) < 4.78 is 4.22. The van der Waals surface area contributed by atoms with E-state index in [0.717, 1.165) is 12.1 Å². The summed E-state index contributed by atoms with van der Waals surface area (Å²) in [5.74, 6) is -0.483. The fraction of sp³-hybridized carbons (Fsp3) is 0.545. The molecule has 100 valence electrons. The van der Waals surface area contributed by atoms with Crippen molar-refractivity contribution in [2.75, 3.05) is 13.6 Å². The fourth-order valence-electron chi connectivity index (χ4n) is 2.53. The third kappa shape index (κ3) is 1.88. The van der Waals surface area contributed by atoms with Gasteiger partial charge in [-0.1, -0.05) is 6.92 Å². The normalized spacial score (nSPS) is 31.6. The van der Waals surface area contributed by atoms with Crippen LogP contribution in [0.25, 0.3) is 0 Å². The average molecular weight is 380 g/mol. The van der Waals surface area contributed by atoms with Crippen molar-refractivity contribution in [3.05, 3.63) is 30.1 Å². The first-order valence-corrected chi connectivity index (χ1v) is 6.59. The molecule has 0 saturated carbocycles. The molecule has 2 fully saturated rings. The van der Waals surface area contributed by atoms with E-state index in [0.29, 0.717) is 0 Å². The Labute approximate surface area is 129 Å². The SMILES string of the molecule is CCN1C2NOC1(c1ccc[n+](C)c1)N(C)S2.[I-]. The molecule has 0 aromatic carbocycles. The van der Waals surface area contributed by atoms with Crippen LogP contribution in [-0.2, 0) is 17.7 Å². The van der Waals surface area contributed by atoms with E-state index in [1.807, 2.05) is 23.9 Å². The van der Waals surface area contributed by atoms with Crippen molar-refractivity contribution in [2.24, 2.45) is 7.05 Å². The van der Waals surface area contributed by atoms with E-state index in [4.69, 9.17) is 4.84 Å². The summed E-state index contributed by atoms with van der Waals surface area (Å²) in [6.45, 7) is 3.09. The molecule has 1 aromatic heterocycles. The first-order chi connectivity index (χ1) is 8.18. The van der Waals surface area contributed by atoms with Gasteiger partial charge in [0, 0.05) is 19.7 Å². The largest absolute Gasteiger partial charge is 1.00 e. The third-order valence-corrected chi connectivity index (χ3v) is 4.43. The number of hydrogen-bond donors (Lipinski definition) is 1. The van der Waals surface area contributed by atoms with Gasteiger partial charge in [0.15, 0.2) is 12.4 Å². The number of rotatable bonds is 2. The Kier molecular flexibility index (Phi) is 4.20. The molecule has 0 aliphatic carbocycles. The molecular weight excluding hydrogens is 363 g/mol. The summed E-state index contributed by atoms with van der Waals surface area (Å²) in [4.78, 5) is 8.18. The van der Waals surface area contributed by atoms with Crippen LogP contribution in [0.15, 0.2) is 24.5 Å². The number of pyridine rings is 1. The van der Waals surface area contributed by atoms with Crippen molar-refractivity contribution in [3.8, 4) is 0 Å². The topological polar surface area (TPSA) is 31.6 Å². The maximum Gasteiger partial charge on any atom is 0.242 e. The van der Waals surface area contributed by atoms with E-state index in [9.17, 15) is 0 Å². The minimum atomic E-state index is -0.483. The molecule has 0 amide bonds. The van der Waals surface area contributed by atoms with E-state index >= 15 is 0 Å². The molecule has 1 aromatic rings. The molecule has 3 heterocycles. The van der Waals surface area contributed by atoms with Crippen LogP contribution >= 0.6 is 11.9 Å². The van der Waals surface area contributed by atoms with Gasteiger partial charge in [-0.05, 0) is 18.0 Å². The molecule has 7 heteroatoms. The van der Waals surface area contributed by atoms with Crippen molar-refractivity contribution >= 4 is 11.9 Å². The lowest BCUT2D eigenvalue weighted by Crippen LogP contribution is -3.00. The molecule has 18 heavy (non-hydrogen) atoms. The van der Waals surface area contributed by atoms with Gasteiger partial charge in [0.05, 0.1) is 5.56 Å². The molecule has 0 spiro atoms. The summed E-state index contributed by atoms with van der Waals surface area (Å²) in [5.41, 5.74) is 4.43. The number of aryl methyl sites for hydroxylation is 1. The number of nitrogens with zero attached hydrogens (tertiary/aromatic N) is 3. The van der Waals surface area contributed by atoms with Gasteiger partial charge in [-0.15, -0.1) is 0 Å². The predicted octanol–water partition coefficient (Wildman–Crippen LogP) is -2.64. The van der Waals surface area contributed by atoms with Gasteiger partial charge < -0.3 is 24.0 Å². The highest BCUT2D eigenvalue weighted by molar-refractivity contribution is 7.97. The molecule has 3 rings (SSSR count). The molecule has 2 aliphatic rings. The van der Waals surface area contributed by atoms with Crippen LogP contribution in [0.5, 0.6) is 0 Å². The van der Waals surface area contributed by atoms with Crippen LogP contribution in [0, 0.1) is 0 Å². The molecule has 0 radical (unpaired) electrons. The van der Waals surface area contributed by atoms with Gasteiger partial charge in [0.1, 0.15) is 12.5 Å². The van der Waals surface area contributed by atoms with Crippen molar-refractivity contribution in [1.29, 1.82) is 0 Å². The average Bonchev–Trinajstić information content (AvgIpc) is 2.80. The summed E-state index contributed by atoms with van der Waals surface area (Å²) in [7, 11) is 4.10. The zero-order chi connectivity index (χ0) is 12.0. The molecular formula is C11H17IN4OS. The zero-order valence-electron chi connectivity index (χ0n) is 10.6. The monoisotopic (exact) mass is 380 g/mol. The minimum absolute atomic E-state index is 0. The zero-order valence-corrected chi connectivity index (χ0v) is 13.6. The van der Waals surface area contributed by atoms with Crippen molar-refractivity contribution in [1.82, 2.24) is 14.7 Å². The van der Waals surface area contributed by atoms with E-state index in [1.165, 1.54) is 0 Å². The Morgan fingerprint density at radius 3 is 3.00 bits per heavy atom. The molecule has 2 bridgehead atoms. The van der Waals surface area contributed by atoms with Crippen LogP contribution in [0.4, 0.5) is 0 Å². The number of halogens is 1. The van der Waals surface area contributed by atoms with Crippen LogP contribution in [0.1, 0.15) is 12.5 Å². The van der Waals surface area contributed by atoms with E-state index in [2.05, 4.69) is 40.9 Å². The van der Waals surface area contributed by atoms with Crippen molar-refractivity contribution < 1.29 is 33.4 Å². The van der Waals surface area contributed by atoms with Crippen LogP contribution < -0.4 is 34.0 Å². The first kappa shape index (κ1) is 14.5. The summed E-state index contributed by atoms with van der Waals surface area (Å²) >= 11 is 1.76. The Balaban J connectivity index is 0.00000120. The predicted molar refractivity (Wildman–Crippen MR) is 65.0 cm³/mol. The first-order valence-electron chi connectivity index (χ1n) is 5.75. The number of fused-ring (bicyclic) bond motifs is 2. The van der Waals surface area contributed by atoms with Gasteiger partial charge >= 0.3 is 0 Å². The molecule has 5 nitrogen and oxygen atoms in total. The molecule has 2 saturated heterocycles. The molecule has 2 aliphatic heterocycles. The smallest absolute Gasteiger partial charge is 0.242 e. The van der Waals surface area contributed by atoms with E-state index in [-0.39, 0.29) is 29.5 Å². The molecule has 1 N–H and O–H groups in total. The Morgan fingerprint density at radius 2 is 2.39 bits per heavy atom. The number of hydrogen-bond acceptors (Lipinski definition) is 5. The third-order valence-electron chi connectivity index (χ3n) is 3.32. The lowest BCUT2D eigenvalue weighted by Gasteiger charge is -2.35. The van der Waals surface area contributed by atoms with Gasteiger partial charge in [-0.25, -0.2) is 13.8 Å². The van der Waals surface area contributed by atoms with E-state index in [1.54, 1.807) is 11.9 Å². The maximum atomic E-state index is 5.86. The highest BCUT2D eigenvalue weighted by Gasteiger charge is 2.60. The Morgan fingerprint density at radius 1 is 1.61 bits per heavy atom. The van der Waals surface area contributed by atoms with Gasteiger partial charge in [-0.3, -0.25) is 4.84 Å². The Bertz CT molecular complexity index is 449. The summed E-state index contributed by atoms with van der Waals surface area (Å²) in [6, 6.07) is 4.15.